The molecule has 1 aromatic heterocycles. The molecule has 1 amide bonds. The number of nitrogens with zero attached hydrogens (tertiary/aromatic N) is 2. The second kappa shape index (κ2) is 8.17. The molecule has 3 unspecified atom stereocenters. The number of carbonyl (C=O) groups is 1. The van der Waals surface area contributed by atoms with Crippen molar-refractivity contribution >= 4 is 104 Å². The molecule has 0 aromatic carbocycles. The average molecular weight is 451 g/mol. The minimum absolute atomic E-state index is 0.00787. The second-order valence-electron chi connectivity index (χ2n) is 14.4. The minimum Gasteiger partial charge on any atom is -0.400 e. The summed E-state index contributed by atoms with van der Waals surface area (Å²) in [6.07, 6.45) is 1.47. The predicted molar refractivity (Wildman–Crippen MR) is 173 cm³/mol. The standard InChI is InChI=1S/C16H38B11N5O2/c1-10(2,3)32-9-29-4-5(6(28)33)7(30-9)31-16(27)14(23,24)11(17,18)8(13(20,21)22)12(19,34)15(16,25)26/h4,8,34H,17-27H2,1-3H3,(H2,28,33)(H2,29,30,31,32). The quantitative estimate of drug-likeness (QED) is 0.331. The van der Waals surface area contributed by atoms with Crippen LogP contribution in [-0.2, 0) is 0 Å². The van der Waals surface area contributed by atoms with Crippen molar-refractivity contribution in [3.63, 3.8) is 0 Å². The average Bonchev–Trinajstić information content (AvgIpc) is 2.56. The first kappa shape index (κ1) is 29.1. The van der Waals surface area contributed by atoms with Crippen LogP contribution in [0.2, 0.25) is 20.8 Å². The van der Waals surface area contributed by atoms with Gasteiger partial charge in [0.05, 0.1) is 44.8 Å². The highest BCUT2D eigenvalue weighted by Crippen LogP contribution is 2.72. The molecule has 18 heteroatoms. The maximum Gasteiger partial charge on any atom is 0.254 e. The van der Waals surface area contributed by atoms with Crippen LogP contribution in [0.4, 0.5) is 11.8 Å². The van der Waals surface area contributed by atoms with Crippen molar-refractivity contribution in [3.05, 3.63) is 11.8 Å². The molecule has 0 spiro atoms. The van der Waals surface area contributed by atoms with Gasteiger partial charge in [-0.3, -0.25) is 4.79 Å². The molecule has 1 aliphatic carbocycles. The Labute approximate surface area is 215 Å². The molecule has 1 heterocycles. The van der Waals surface area contributed by atoms with Gasteiger partial charge in [0.2, 0.25) is 5.95 Å². The van der Waals surface area contributed by atoms with Crippen LogP contribution < -0.4 is 16.4 Å². The van der Waals surface area contributed by atoms with Gasteiger partial charge in [-0.05, 0) is 32.1 Å². The summed E-state index contributed by atoms with van der Waals surface area (Å²) in [5, 5.41) is 17.8. The van der Waals surface area contributed by atoms with E-state index in [1.165, 1.54) is 6.20 Å². The van der Waals surface area contributed by atoms with Crippen molar-refractivity contribution in [1.82, 2.24) is 9.97 Å². The van der Waals surface area contributed by atoms with E-state index in [0.29, 0.717) is 11.8 Å². The van der Waals surface area contributed by atoms with Crippen LogP contribution in [0.1, 0.15) is 31.1 Å². The minimum atomic E-state index is -1.04. The lowest BCUT2D eigenvalue weighted by atomic mass is 9.05. The molecule has 1 fully saturated rings. The van der Waals surface area contributed by atoms with E-state index in [4.69, 9.17) is 10.7 Å². The van der Waals surface area contributed by atoms with Gasteiger partial charge in [-0.15, -0.1) is 5.11 Å². The van der Waals surface area contributed by atoms with Gasteiger partial charge in [0, 0.05) is 17.2 Å². The maximum atomic E-state index is 12.4. The van der Waals surface area contributed by atoms with E-state index in [9.17, 15) is 9.90 Å². The fraction of sp³-hybridized carbons (Fsp3) is 0.688. The monoisotopic (exact) mass is 453 g/mol. The largest absolute Gasteiger partial charge is 0.400 e. The first-order valence-corrected chi connectivity index (χ1v) is 12.3. The summed E-state index contributed by atoms with van der Waals surface area (Å²) >= 11 is 0. The van der Waals surface area contributed by atoms with Crippen molar-refractivity contribution in [2.75, 3.05) is 10.6 Å². The van der Waals surface area contributed by atoms with Gasteiger partial charge in [-0.25, -0.2) is 4.98 Å². The SMILES string of the molecule is BC(B)(B)C1C(B)(B)C(B)(B)C(B)(Nc2nc(NC(C)(C)C)ncc2C(N)=O)C(B)(B)C1(B)O. The highest BCUT2D eigenvalue weighted by atomic mass is 16.3. The van der Waals surface area contributed by atoms with E-state index < -0.39 is 22.1 Å². The number of rotatable bonds is 5. The Kier molecular flexibility index (Phi) is 6.99. The molecule has 34 heavy (non-hydrogen) atoms. The van der Waals surface area contributed by atoms with Crippen LogP contribution >= 0.6 is 0 Å². The Morgan fingerprint density at radius 2 is 1.53 bits per heavy atom. The molecule has 2 rings (SSSR count). The molecule has 0 aliphatic heterocycles. The molecule has 5 N–H and O–H groups in total. The van der Waals surface area contributed by atoms with Crippen LogP contribution in [0.3, 0.4) is 0 Å². The van der Waals surface area contributed by atoms with E-state index in [2.05, 4.69) is 94.1 Å². The molecule has 1 aromatic rings. The van der Waals surface area contributed by atoms with Crippen molar-refractivity contribution in [3.8, 4) is 0 Å². The molecule has 1 aliphatic rings. The summed E-state index contributed by atoms with van der Waals surface area (Å²) in [6, 6.07) is 0. The lowest BCUT2D eigenvalue weighted by Gasteiger charge is -2.76. The summed E-state index contributed by atoms with van der Waals surface area (Å²) in [4.78, 5) is 21.4. The number of nitrogens with one attached hydrogen (secondary N) is 2. The van der Waals surface area contributed by atoms with E-state index in [-0.39, 0.29) is 32.6 Å². The number of carbonyl (C=O) groups excluding carboxylic acids is 1. The molecule has 1 saturated carbocycles. The van der Waals surface area contributed by atoms with Crippen LogP contribution in [0.5, 0.6) is 0 Å². The third-order valence-electron chi connectivity index (χ3n) is 9.44. The number of amides is 1. The number of anilines is 2. The van der Waals surface area contributed by atoms with Crippen molar-refractivity contribution in [2.24, 2.45) is 11.7 Å². The fourth-order valence-corrected chi connectivity index (χ4v) is 6.88. The summed E-state index contributed by atoms with van der Waals surface area (Å²) in [5.41, 5.74) is 3.97. The van der Waals surface area contributed by atoms with E-state index >= 15 is 0 Å². The summed E-state index contributed by atoms with van der Waals surface area (Å²) in [7, 11) is 23.9. The van der Waals surface area contributed by atoms with Gasteiger partial charge in [0.25, 0.3) is 5.91 Å². The van der Waals surface area contributed by atoms with Crippen LogP contribution in [0.25, 0.3) is 0 Å². The zero-order valence-corrected chi connectivity index (χ0v) is 24.0. The highest BCUT2D eigenvalue weighted by molar-refractivity contribution is 6.65. The number of hydrogen-bond acceptors (Lipinski definition) is 6. The normalized spacial score (nSPS) is 30.2. The van der Waals surface area contributed by atoms with Gasteiger partial charge in [-0.1, -0.05) is 15.6 Å². The van der Waals surface area contributed by atoms with Crippen LogP contribution in [0.15, 0.2) is 6.20 Å². The zero-order chi connectivity index (χ0) is 26.9. The van der Waals surface area contributed by atoms with E-state index in [0.717, 1.165) is 0 Å². The van der Waals surface area contributed by atoms with Gasteiger partial charge in [0.1, 0.15) is 52.9 Å². The Bertz CT molecular complexity index is 947. The van der Waals surface area contributed by atoms with Gasteiger partial charge < -0.3 is 21.5 Å². The second-order valence-corrected chi connectivity index (χ2v) is 14.4. The molecule has 3 atom stereocenters. The van der Waals surface area contributed by atoms with Crippen molar-refractivity contribution < 1.29 is 9.90 Å². The van der Waals surface area contributed by atoms with Crippen LogP contribution in [0, 0.1) is 5.92 Å². The van der Waals surface area contributed by atoms with Crippen molar-refractivity contribution in [2.45, 2.75) is 58.0 Å². The first-order valence-electron chi connectivity index (χ1n) is 12.3. The van der Waals surface area contributed by atoms with E-state index in [1.54, 1.807) is 0 Å². The zero-order valence-electron chi connectivity index (χ0n) is 24.0. The number of nitrogens with two attached hydrogens (primary N) is 1. The topological polar surface area (TPSA) is 113 Å². The Morgan fingerprint density at radius 1 is 1.03 bits per heavy atom. The number of aromatic nitrogens is 2. The van der Waals surface area contributed by atoms with Gasteiger partial charge in [0.15, 0.2) is 0 Å². The Morgan fingerprint density at radius 3 is 1.94 bits per heavy atom. The molecular weight excluding hydrogens is 413 g/mol. The lowest BCUT2D eigenvalue weighted by Crippen LogP contribution is -2.79. The third-order valence-corrected chi connectivity index (χ3v) is 9.44. The third kappa shape index (κ3) is 4.30. The first-order chi connectivity index (χ1) is 14.8. The summed E-state index contributed by atoms with van der Waals surface area (Å²) < 4.78 is 0. The van der Waals surface area contributed by atoms with Crippen molar-refractivity contribution in [1.29, 1.82) is 0 Å². The lowest BCUT2D eigenvalue weighted by molar-refractivity contribution is -0.0102. The van der Waals surface area contributed by atoms with E-state index in [1.807, 2.05) is 28.6 Å². The number of hydrogen-bond donors (Lipinski definition) is 4. The molecule has 7 nitrogen and oxygen atoms in total. The Balaban J connectivity index is 2.80. The smallest absolute Gasteiger partial charge is 0.254 e. The fourth-order valence-electron chi connectivity index (χ4n) is 6.88. The molecule has 0 bridgehead atoms. The van der Waals surface area contributed by atoms with Gasteiger partial charge >= 0.3 is 0 Å². The maximum absolute atomic E-state index is 12.4. The molecule has 172 valence electrons. The van der Waals surface area contributed by atoms with Crippen LogP contribution in [-0.4, -0.2) is 124 Å². The van der Waals surface area contributed by atoms with Gasteiger partial charge in [-0.2, -0.15) is 4.98 Å². The predicted octanol–water partition coefficient (Wildman–Crippen LogP) is -9.40. The summed E-state index contributed by atoms with van der Waals surface area (Å²) in [5.74, 6) is 0.178. The number of aliphatic hydroxyl groups is 1. The molecular formula is C16H38B11N5O2. The molecule has 0 saturated heterocycles. The number of primary amides is 1. The molecule has 0 radical (unpaired) electrons. The Hall–Kier alpha value is -1.18. The summed E-state index contributed by atoms with van der Waals surface area (Å²) in [6.45, 7) is 6.06. The highest BCUT2D eigenvalue weighted by Gasteiger charge is 2.71.